The van der Waals surface area contributed by atoms with Gasteiger partial charge in [0, 0.05) is 13.2 Å². The van der Waals surface area contributed by atoms with Crippen LogP contribution in [0.25, 0.3) is 0 Å². The topological polar surface area (TPSA) is 77.4 Å². The van der Waals surface area contributed by atoms with E-state index in [0.29, 0.717) is 26.4 Å². The van der Waals surface area contributed by atoms with E-state index < -0.39 is 0 Å². The van der Waals surface area contributed by atoms with Crippen LogP contribution in [-0.2, 0) is 18.9 Å². The fraction of sp³-hybridized carbons (Fsp3) is 0.900. The highest BCUT2D eigenvalue weighted by molar-refractivity contribution is 4.57. The van der Waals surface area contributed by atoms with E-state index in [1.807, 2.05) is 0 Å². The predicted octanol–water partition coefficient (Wildman–Crippen LogP) is -0.455. The van der Waals surface area contributed by atoms with E-state index in [-0.39, 0.29) is 26.3 Å². The SMILES string of the molecule is [CH2]C(COCOCO)OCCCOCCO. The number of aliphatic hydroxyl groups is 2. The minimum atomic E-state index is -0.356. The van der Waals surface area contributed by atoms with Gasteiger partial charge in [-0.1, -0.05) is 0 Å². The van der Waals surface area contributed by atoms with Crippen LogP contribution in [0.5, 0.6) is 0 Å². The molecule has 0 bridgehead atoms. The van der Waals surface area contributed by atoms with Gasteiger partial charge >= 0.3 is 0 Å². The molecule has 0 aliphatic carbocycles. The maximum absolute atomic E-state index is 8.44. The van der Waals surface area contributed by atoms with E-state index >= 15 is 0 Å². The summed E-state index contributed by atoms with van der Waals surface area (Å²) < 4.78 is 19.9. The Bertz CT molecular complexity index is 132. The summed E-state index contributed by atoms with van der Waals surface area (Å²) in [6.07, 6.45) is 0.485. The first-order valence-electron chi connectivity index (χ1n) is 5.21. The molecule has 0 saturated heterocycles. The molecule has 0 aliphatic rings. The first-order valence-corrected chi connectivity index (χ1v) is 5.21. The maximum atomic E-state index is 8.44. The van der Waals surface area contributed by atoms with Crippen molar-refractivity contribution < 1.29 is 29.2 Å². The highest BCUT2D eigenvalue weighted by Gasteiger charge is 2.01. The van der Waals surface area contributed by atoms with Gasteiger partial charge in [-0.15, -0.1) is 0 Å². The van der Waals surface area contributed by atoms with E-state index in [9.17, 15) is 0 Å². The van der Waals surface area contributed by atoms with Crippen molar-refractivity contribution >= 4 is 0 Å². The van der Waals surface area contributed by atoms with Crippen LogP contribution in [0.3, 0.4) is 0 Å². The normalized spacial score (nSPS) is 12.9. The fourth-order valence-electron chi connectivity index (χ4n) is 0.901. The Hall–Kier alpha value is -0.240. The van der Waals surface area contributed by atoms with Gasteiger partial charge in [0.15, 0.2) is 0 Å². The van der Waals surface area contributed by atoms with Crippen LogP contribution in [0.4, 0.5) is 0 Å². The van der Waals surface area contributed by atoms with Crippen LogP contribution in [0.1, 0.15) is 6.42 Å². The summed E-state index contributed by atoms with van der Waals surface area (Å²) >= 11 is 0. The average molecular weight is 237 g/mol. The summed E-state index contributed by atoms with van der Waals surface area (Å²) in [4.78, 5) is 0. The van der Waals surface area contributed by atoms with Crippen LogP contribution < -0.4 is 0 Å². The number of rotatable bonds is 12. The molecule has 0 saturated carbocycles. The molecule has 2 N–H and O–H groups in total. The molecule has 16 heavy (non-hydrogen) atoms. The lowest BCUT2D eigenvalue weighted by Crippen LogP contribution is -2.19. The molecule has 0 heterocycles. The van der Waals surface area contributed by atoms with Crippen LogP contribution in [-0.4, -0.2) is 62.9 Å². The van der Waals surface area contributed by atoms with Crippen molar-refractivity contribution in [2.24, 2.45) is 0 Å². The van der Waals surface area contributed by atoms with Crippen LogP contribution in [0, 0.1) is 6.92 Å². The molecule has 6 heteroatoms. The monoisotopic (exact) mass is 237 g/mol. The second kappa shape index (κ2) is 12.8. The van der Waals surface area contributed by atoms with Crippen LogP contribution in [0.2, 0.25) is 0 Å². The van der Waals surface area contributed by atoms with Crippen molar-refractivity contribution in [2.75, 3.05) is 46.6 Å². The molecule has 97 valence electrons. The van der Waals surface area contributed by atoms with E-state index in [1.54, 1.807) is 0 Å². The summed E-state index contributed by atoms with van der Waals surface area (Å²) in [5.41, 5.74) is 0. The molecule has 0 aromatic heterocycles. The largest absolute Gasteiger partial charge is 0.394 e. The van der Waals surface area contributed by atoms with Gasteiger partial charge in [-0.05, 0) is 13.3 Å². The Kier molecular flexibility index (Phi) is 12.6. The molecular formula is C10H21O6. The van der Waals surface area contributed by atoms with Crippen molar-refractivity contribution in [3.05, 3.63) is 6.92 Å². The summed E-state index contributed by atoms with van der Waals surface area (Å²) in [6.45, 7) is 5.20. The zero-order chi connectivity index (χ0) is 12.1. The molecule has 0 aromatic carbocycles. The Labute approximate surface area is 96.1 Å². The first kappa shape index (κ1) is 15.8. The summed E-state index contributed by atoms with van der Waals surface area (Å²) in [7, 11) is 0. The molecule has 0 amide bonds. The number of hydrogen-bond acceptors (Lipinski definition) is 6. The van der Waals surface area contributed by atoms with Gasteiger partial charge in [0.25, 0.3) is 0 Å². The molecule has 0 fully saturated rings. The quantitative estimate of drug-likeness (QED) is 0.353. The second-order valence-electron chi connectivity index (χ2n) is 3.00. The molecule has 0 rings (SSSR count). The van der Waals surface area contributed by atoms with Gasteiger partial charge in [0.1, 0.15) is 13.6 Å². The molecule has 1 radical (unpaired) electrons. The van der Waals surface area contributed by atoms with Gasteiger partial charge in [-0.2, -0.15) is 0 Å². The first-order chi connectivity index (χ1) is 7.81. The van der Waals surface area contributed by atoms with Gasteiger partial charge in [0.2, 0.25) is 0 Å². The zero-order valence-corrected chi connectivity index (χ0v) is 9.47. The van der Waals surface area contributed by atoms with E-state index in [2.05, 4.69) is 11.7 Å². The molecule has 6 nitrogen and oxygen atoms in total. The summed E-state index contributed by atoms with van der Waals surface area (Å²) in [5.74, 6) is 0. The average Bonchev–Trinajstić information content (AvgIpc) is 2.29. The van der Waals surface area contributed by atoms with Gasteiger partial charge in [-0.3, -0.25) is 0 Å². The minimum Gasteiger partial charge on any atom is -0.394 e. The fourth-order valence-corrected chi connectivity index (χ4v) is 0.901. The van der Waals surface area contributed by atoms with Gasteiger partial charge in [-0.25, -0.2) is 0 Å². The van der Waals surface area contributed by atoms with Gasteiger partial charge < -0.3 is 29.2 Å². The van der Waals surface area contributed by atoms with Crippen molar-refractivity contribution in [3.8, 4) is 0 Å². The third kappa shape index (κ3) is 11.8. The molecular weight excluding hydrogens is 216 g/mol. The molecule has 0 aromatic rings. The third-order valence-electron chi connectivity index (χ3n) is 1.58. The lowest BCUT2D eigenvalue weighted by Gasteiger charge is -2.13. The second-order valence-corrected chi connectivity index (χ2v) is 3.00. The Morgan fingerprint density at radius 3 is 2.50 bits per heavy atom. The van der Waals surface area contributed by atoms with E-state index in [1.165, 1.54) is 0 Å². The Morgan fingerprint density at radius 2 is 1.81 bits per heavy atom. The van der Waals surface area contributed by atoms with Crippen molar-refractivity contribution in [2.45, 2.75) is 12.5 Å². The van der Waals surface area contributed by atoms with Crippen LogP contribution in [0.15, 0.2) is 0 Å². The third-order valence-corrected chi connectivity index (χ3v) is 1.58. The van der Waals surface area contributed by atoms with Crippen LogP contribution >= 0.6 is 0 Å². The lowest BCUT2D eigenvalue weighted by atomic mass is 10.4. The molecule has 1 atom stereocenters. The summed E-state index contributed by atoms with van der Waals surface area (Å²) in [5, 5.41) is 16.7. The molecule has 1 unspecified atom stereocenters. The van der Waals surface area contributed by atoms with E-state index in [4.69, 9.17) is 24.4 Å². The van der Waals surface area contributed by atoms with E-state index in [0.717, 1.165) is 6.42 Å². The van der Waals surface area contributed by atoms with Gasteiger partial charge in [0.05, 0.1) is 25.9 Å². The highest BCUT2D eigenvalue weighted by atomic mass is 16.7. The Morgan fingerprint density at radius 1 is 1.00 bits per heavy atom. The Balaban J connectivity index is 3.08. The standard InChI is InChI=1S/C10H21O6/c1-10(7-14-9-15-8-12)16-5-2-4-13-6-3-11/h10-12H,1-9H2. The number of aliphatic hydroxyl groups excluding tert-OH is 2. The van der Waals surface area contributed by atoms with Crippen molar-refractivity contribution in [1.82, 2.24) is 0 Å². The zero-order valence-electron chi connectivity index (χ0n) is 9.47. The van der Waals surface area contributed by atoms with Crippen molar-refractivity contribution in [3.63, 3.8) is 0 Å². The summed E-state index contributed by atoms with van der Waals surface area (Å²) in [6, 6.07) is 0. The molecule has 0 spiro atoms. The predicted molar refractivity (Wildman–Crippen MR) is 56.6 cm³/mol. The van der Waals surface area contributed by atoms with Crippen molar-refractivity contribution in [1.29, 1.82) is 0 Å². The number of ether oxygens (including phenoxy) is 4. The highest BCUT2D eigenvalue weighted by Crippen LogP contribution is 1.94. The lowest BCUT2D eigenvalue weighted by molar-refractivity contribution is -0.123. The smallest absolute Gasteiger partial charge is 0.149 e. The molecule has 0 aliphatic heterocycles. The maximum Gasteiger partial charge on any atom is 0.149 e. The minimum absolute atomic E-state index is 0.0332. The number of hydrogen-bond donors (Lipinski definition) is 2.